The van der Waals surface area contributed by atoms with Gasteiger partial charge in [0.25, 0.3) is 10.0 Å². The predicted molar refractivity (Wildman–Crippen MR) is 61.4 cm³/mol. The molecule has 0 atom stereocenters. The summed E-state index contributed by atoms with van der Waals surface area (Å²) in [4.78, 5) is 3.38. The van der Waals surface area contributed by atoms with Crippen molar-refractivity contribution in [3.05, 3.63) is 54.0 Å². The van der Waals surface area contributed by atoms with Gasteiger partial charge in [0.1, 0.15) is 11.6 Å². The fourth-order valence-corrected chi connectivity index (χ4v) is 2.43. The molecule has 0 spiro atoms. The minimum atomic E-state index is -4.35. The second kappa shape index (κ2) is 4.88. The third-order valence-electron chi connectivity index (χ3n) is 2.09. The van der Waals surface area contributed by atoms with Crippen LogP contribution in [0.3, 0.4) is 0 Å². The molecule has 0 radical (unpaired) electrons. The Bertz CT molecular complexity index is 699. The van der Waals surface area contributed by atoms with E-state index >= 15 is 0 Å². The summed E-state index contributed by atoms with van der Waals surface area (Å²) in [5.74, 6) is -2.98. The van der Waals surface area contributed by atoms with E-state index in [9.17, 15) is 21.6 Å². The van der Waals surface area contributed by atoms with E-state index in [4.69, 9.17) is 0 Å². The molecular weight excluding hydrogens is 281 g/mol. The van der Waals surface area contributed by atoms with Gasteiger partial charge in [0, 0.05) is 12.3 Å². The zero-order valence-corrected chi connectivity index (χ0v) is 10.1. The van der Waals surface area contributed by atoms with Crippen LogP contribution in [-0.4, -0.2) is 13.4 Å². The number of anilines is 1. The lowest BCUT2D eigenvalue weighted by Gasteiger charge is -2.08. The van der Waals surface area contributed by atoms with Gasteiger partial charge >= 0.3 is 0 Å². The van der Waals surface area contributed by atoms with Crippen LogP contribution in [0.2, 0.25) is 0 Å². The fourth-order valence-electron chi connectivity index (χ4n) is 1.39. The van der Waals surface area contributed by atoms with Gasteiger partial charge in [-0.3, -0.25) is 4.72 Å². The van der Waals surface area contributed by atoms with E-state index < -0.39 is 32.5 Å². The zero-order valence-electron chi connectivity index (χ0n) is 9.27. The molecule has 8 heteroatoms. The molecule has 0 fully saturated rings. The molecule has 0 unspecified atom stereocenters. The highest BCUT2D eigenvalue weighted by atomic mass is 32.2. The molecule has 2 aromatic rings. The number of hydrogen-bond acceptors (Lipinski definition) is 3. The average Bonchev–Trinajstić information content (AvgIpc) is 2.26. The number of halogens is 3. The Morgan fingerprint density at radius 3 is 2.26 bits per heavy atom. The van der Waals surface area contributed by atoms with E-state index in [1.807, 2.05) is 4.72 Å². The second-order valence-electron chi connectivity index (χ2n) is 3.55. The van der Waals surface area contributed by atoms with E-state index in [2.05, 4.69) is 4.98 Å². The molecule has 1 aromatic carbocycles. The largest absolute Gasteiger partial charge is 0.282 e. The Morgan fingerprint density at radius 2 is 1.68 bits per heavy atom. The standard InChI is InChI=1S/C11H7F3N2O2S/c12-7-4-8(13)6-9(5-7)16-19(17,18)11-10(14)2-1-3-15-11/h1-6,16H. The Hall–Kier alpha value is -2.09. The van der Waals surface area contributed by atoms with Crippen LogP contribution in [-0.2, 0) is 10.0 Å². The van der Waals surface area contributed by atoms with E-state index in [0.717, 1.165) is 24.4 Å². The summed E-state index contributed by atoms with van der Waals surface area (Å²) in [5, 5.41) is -0.848. The zero-order chi connectivity index (χ0) is 14.0. The van der Waals surface area contributed by atoms with Gasteiger partial charge in [0.2, 0.25) is 5.03 Å². The van der Waals surface area contributed by atoms with Gasteiger partial charge in [0.05, 0.1) is 5.69 Å². The fraction of sp³-hybridized carbons (Fsp3) is 0. The van der Waals surface area contributed by atoms with Crippen LogP contribution in [0.1, 0.15) is 0 Å². The van der Waals surface area contributed by atoms with Crippen molar-refractivity contribution >= 4 is 15.7 Å². The van der Waals surface area contributed by atoms with Crippen molar-refractivity contribution in [1.29, 1.82) is 0 Å². The van der Waals surface area contributed by atoms with Gasteiger partial charge in [-0.05, 0) is 24.3 Å². The van der Waals surface area contributed by atoms with Crippen molar-refractivity contribution in [2.75, 3.05) is 4.72 Å². The van der Waals surface area contributed by atoms with E-state index in [-0.39, 0.29) is 5.69 Å². The monoisotopic (exact) mass is 288 g/mol. The van der Waals surface area contributed by atoms with Crippen LogP contribution in [0.25, 0.3) is 0 Å². The van der Waals surface area contributed by atoms with Gasteiger partial charge in [-0.1, -0.05) is 0 Å². The maximum Gasteiger partial charge on any atom is 0.282 e. The first-order valence-corrected chi connectivity index (χ1v) is 6.46. The minimum Gasteiger partial charge on any atom is -0.278 e. The Labute approximate surface area is 107 Å². The molecule has 4 nitrogen and oxygen atoms in total. The number of nitrogens with zero attached hydrogens (tertiary/aromatic N) is 1. The van der Waals surface area contributed by atoms with E-state index in [0.29, 0.717) is 6.07 Å². The third kappa shape index (κ3) is 3.02. The molecule has 0 saturated carbocycles. The Morgan fingerprint density at radius 1 is 1.05 bits per heavy atom. The van der Waals surface area contributed by atoms with Gasteiger partial charge in [-0.2, -0.15) is 8.42 Å². The lowest BCUT2D eigenvalue weighted by atomic mass is 10.3. The molecule has 1 aromatic heterocycles. The van der Waals surface area contributed by atoms with Crippen molar-refractivity contribution in [1.82, 2.24) is 4.98 Å². The summed E-state index contributed by atoms with van der Waals surface area (Å²) in [6.45, 7) is 0. The molecule has 1 N–H and O–H groups in total. The molecule has 0 aliphatic rings. The van der Waals surface area contributed by atoms with Crippen LogP contribution in [0, 0.1) is 17.5 Å². The van der Waals surface area contributed by atoms with E-state index in [1.165, 1.54) is 6.07 Å². The van der Waals surface area contributed by atoms with Crippen LogP contribution < -0.4 is 4.72 Å². The molecule has 2 rings (SSSR count). The highest BCUT2D eigenvalue weighted by Crippen LogP contribution is 2.18. The Balaban J connectivity index is 2.39. The smallest absolute Gasteiger partial charge is 0.278 e. The number of benzene rings is 1. The summed E-state index contributed by atoms with van der Waals surface area (Å²) in [7, 11) is -4.35. The quantitative estimate of drug-likeness (QED) is 0.942. The highest BCUT2D eigenvalue weighted by molar-refractivity contribution is 7.92. The average molecular weight is 288 g/mol. The molecule has 0 bridgehead atoms. The van der Waals surface area contributed by atoms with Gasteiger partial charge in [-0.25, -0.2) is 18.2 Å². The van der Waals surface area contributed by atoms with Crippen molar-refractivity contribution in [2.45, 2.75) is 5.03 Å². The van der Waals surface area contributed by atoms with E-state index in [1.54, 1.807) is 0 Å². The molecule has 1 heterocycles. The van der Waals surface area contributed by atoms with Gasteiger partial charge in [-0.15, -0.1) is 0 Å². The normalized spacial score (nSPS) is 11.3. The molecule has 100 valence electrons. The van der Waals surface area contributed by atoms with Crippen molar-refractivity contribution in [3.8, 4) is 0 Å². The number of pyridine rings is 1. The third-order valence-corrected chi connectivity index (χ3v) is 3.41. The summed E-state index contributed by atoms with van der Waals surface area (Å²) in [5.41, 5.74) is -0.359. The topological polar surface area (TPSA) is 59.1 Å². The lowest BCUT2D eigenvalue weighted by Crippen LogP contribution is -2.16. The first-order chi connectivity index (χ1) is 8.88. The Kier molecular flexibility index (Phi) is 3.43. The highest BCUT2D eigenvalue weighted by Gasteiger charge is 2.20. The molecule has 0 saturated heterocycles. The number of aromatic nitrogens is 1. The maximum atomic E-state index is 13.3. The number of nitrogens with one attached hydrogen (secondary N) is 1. The lowest BCUT2D eigenvalue weighted by molar-refractivity contribution is 0.556. The van der Waals surface area contributed by atoms with Crippen molar-refractivity contribution < 1.29 is 21.6 Å². The molecule has 0 aliphatic carbocycles. The maximum absolute atomic E-state index is 13.3. The molecular formula is C11H7F3N2O2S. The first-order valence-electron chi connectivity index (χ1n) is 4.98. The van der Waals surface area contributed by atoms with Crippen molar-refractivity contribution in [2.24, 2.45) is 0 Å². The first kappa shape index (κ1) is 13.3. The van der Waals surface area contributed by atoms with Gasteiger partial charge < -0.3 is 0 Å². The van der Waals surface area contributed by atoms with Crippen LogP contribution in [0.15, 0.2) is 41.6 Å². The summed E-state index contributed by atoms with van der Waals surface area (Å²) < 4.78 is 64.6. The SMILES string of the molecule is O=S(=O)(Nc1cc(F)cc(F)c1)c1ncccc1F. The number of hydrogen-bond donors (Lipinski definition) is 1. The summed E-state index contributed by atoms with van der Waals surface area (Å²) in [6, 6.07) is 4.24. The van der Waals surface area contributed by atoms with Gasteiger partial charge in [0.15, 0.2) is 5.82 Å². The summed E-state index contributed by atoms with van der Waals surface area (Å²) >= 11 is 0. The second-order valence-corrected chi connectivity index (χ2v) is 5.15. The van der Waals surface area contributed by atoms with Crippen LogP contribution in [0.4, 0.5) is 18.9 Å². The van der Waals surface area contributed by atoms with Crippen molar-refractivity contribution in [3.63, 3.8) is 0 Å². The number of rotatable bonds is 3. The molecule has 0 amide bonds. The number of sulfonamides is 1. The van der Waals surface area contributed by atoms with Crippen LogP contribution in [0.5, 0.6) is 0 Å². The summed E-state index contributed by atoms with van der Waals surface area (Å²) in [6.07, 6.45) is 1.09. The molecule has 0 aliphatic heterocycles. The predicted octanol–water partition coefficient (Wildman–Crippen LogP) is 2.30. The van der Waals surface area contributed by atoms with Crippen LogP contribution >= 0.6 is 0 Å². The molecule has 19 heavy (non-hydrogen) atoms. The minimum absolute atomic E-state index is 0.359.